The smallest absolute Gasteiger partial charge is 0.211 e. The molecule has 0 spiro atoms. The van der Waals surface area contributed by atoms with Gasteiger partial charge in [0.1, 0.15) is 11.3 Å². The van der Waals surface area contributed by atoms with Gasteiger partial charge in [0.15, 0.2) is 5.65 Å². The molecule has 0 atom stereocenters. The first-order valence-electron chi connectivity index (χ1n) is 7.71. The van der Waals surface area contributed by atoms with Crippen LogP contribution in [0.25, 0.3) is 22.1 Å². The highest BCUT2D eigenvalue weighted by Crippen LogP contribution is 2.25. The number of rotatable bonds is 5. The monoisotopic (exact) mass is 336 g/mol. The number of benzene rings is 2. The molecule has 0 fully saturated rings. The number of aromatic nitrogens is 4. The predicted molar refractivity (Wildman–Crippen MR) is 96.5 cm³/mol. The van der Waals surface area contributed by atoms with Crippen LogP contribution in [0.5, 0.6) is 5.75 Å². The molecule has 0 bridgehead atoms. The average Bonchev–Trinajstić information content (AvgIpc) is 2.92. The summed E-state index contributed by atoms with van der Waals surface area (Å²) in [5.41, 5.74) is 2.82. The molecule has 4 aromatic rings. The quantitative estimate of drug-likeness (QED) is 0.411. The van der Waals surface area contributed by atoms with Crippen LogP contribution in [0.15, 0.2) is 59.8 Å². The van der Waals surface area contributed by atoms with Crippen LogP contribution < -0.4 is 4.74 Å². The molecule has 2 aromatic carbocycles. The summed E-state index contributed by atoms with van der Waals surface area (Å²) in [6.07, 6.45) is 0. The number of hydrogen-bond acceptors (Lipinski definition) is 5. The predicted octanol–water partition coefficient (Wildman–Crippen LogP) is 3.69. The van der Waals surface area contributed by atoms with E-state index in [1.807, 2.05) is 49.5 Å². The maximum Gasteiger partial charge on any atom is 0.211 e. The number of nitrogens with zero attached hydrogens (tertiary/aromatic N) is 4. The summed E-state index contributed by atoms with van der Waals surface area (Å²) >= 11 is 1.55. The van der Waals surface area contributed by atoms with E-state index < -0.39 is 0 Å². The molecular formula is C18H16N4OS. The van der Waals surface area contributed by atoms with Crippen LogP contribution in [0, 0.1) is 0 Å². The van der Waals surface area contributed by atoms with E-state index in [1.54, 1.807) is 11.8 Å². The van der Waals surface area contributed by atoms with Crippen molar-refractivity contribution in [3.8, 4) is 5.75 Å². The summed E-state index contributed by atoms with van der Waals surface area (Å²) in [6.45, 7) is 0.602. The van der Waals surface area contributed by atoms with Crippen LogP contribution in [0.3, 0.4) is 0 Å². The molecule has 24 heavy (non-hydrogen) atoms. The molecule has 120 valence electrons. The molecule has 2 heterocycles. The van der Waals surface area contributed by atoms with Gasteiger partial charge in [0, 0.05) is 18.2 Å². The number of para-hydroxylation sites is 2. The van der Waals surface area contributed by atoms with Crippen molar-refractivity contribution in [3.63, 3.8) is 0 Å². The van der Waals surface area contributed by atoms with Gasteiger partial charge >= 0.3 is 0 Å². The van der Waals surface area contributed by atoms with Crippen LogP contribution in [0.4, 0.5) is 0 Å². The number of thioether (sulfide) groups is 1. The summed E-state index contributed by atoms with van der Waals surface area (Å²) in [5, 5.41) is 10.4. The van der Waals surface area contributed by atoms with Crippen molar-refractivity contribution in [1.29, 1.82) is 0 Å². The van der Waals surface area contributed by atoms with Gasteiger partial charge < -0.3 is 9.30 Å². The van der Waals surface area contributed by atoms with Gasteiger partial charge in [0.2, 0.25) is 5.16 Å². The second-order valence-electron chi connectivity index (χ2n) is 5.35. The standard InChI is InChI=1S/C18H16N4OS/c1-22-15-10-6-5-9-14(15)16-17(22)19-18(21-20-16)24-12-11-23-13-7-3-2-4-8-13/h2-10H,11-12H2,1H3. The second-order valence-corrected chi connectivity index (χ2v) is 6.41. The Morgan fingerprint density at radius 2 is 1.79 bits per heavy atom. The van der Waals surface area contributed by atoms with Gasteiger partial charge in [-0.1, -0.05) is 48.2 Å². The summed E-state index contributed by atoms with van der Waals surface area (Å²) in [4.78, 5) is 4.65. The highest BCUT2D eigenvalue weighted by Gasteiger charge is 2.12. The Bertz CT molecular complexity index is 984. The topological polar surface area (TPSA) is 52.8 Å². The van der Waals surface area contributed by atoms with Crippen LogP contribution in [0.1, 0.15) is 0 Å². The first-order chi connectivity index (χ1) is 11.8. The van der Waals surface area contributed by atoms with E-state index >= 15 is 0 Å². The largest absolute Gasteiger partial charge is 0.493 e. The Morgan fingerprint density at radius 1 is 1.00 bits per heavy atom. The highest BCUT2D eigenvalue weighted by molar-refractivity contribution is 7.99. The number of ether oxygens (including phenoxy) is 1. The number of hydrogen-bond donors (Lipinski definition) is 0. The van der Waals surface area contributed by atoms with E-state index in [0.29, 0.717) is 11.8 Å². The van der Waals surface area contributed by atoms with Crippen molar-refractivity contribution < 1.29 is 4.74 Å². The normalized spacial score (nSPS) is 11.2. The van der Waals surface area contributed by atoms with E-state index in [0.717, 1.165) is 33.6 Å². The number of aryl methyl sites for hydroxylation is 1. The fraction of sp³-hybridized carbons (Fsp3) is 0.167. The first-order valence-corrected chi connectivity index (χ1v) is 8.70. The van der Waals surface area contributed by atoms with E-state index in [1.165, 1.54) is 0 Å². The Balaban J connectivity index is 1.49. The third kappa shape index (κ3) is 2.80. The zero-order valence-electron chi connectivity index (χ0n) is 13.2. The summed E-state index contributed by atoms with van der Waals surface area (Å²) in [6, 6.07) is 17.9. The van der Waals surface area contributed by atoms with E-state index in [4.69, 9.17) is 4.74 Å². The lowest BCUT2D eigenvalue weighted by molar-refractivity contribution is 0.344. The Hall–Kier alpha value is -2.60. The molecule has 0 amide bonds. The van der Waals surface area contributed by atoms with Crippen molar-refractivity contribution >= 4 is 33.8 Å². The van der Waals surface area contributed by atoms with Crippen molar-refractivity contribution in [2.75, 3.05) is 12.4 Å². The maximum atomic E-state index is 5.68. The van der Waals surface area contributed by atoms with Gasteiger partial charge in [-0.25, -0.2) is 4.98 Å². The van der Waals surface area contributed by atoms with Crippen LogP contribution in [0.2, 0.25) is 0 Å². The molecule has 0 saturated carbocycles. The molecule has 0 unspecified atom stereocenters. The Kier molecular flexibility index (Phi) is 4.04. The highest BCUT2D eigenvalue weighted by atomic mass is 32.2. The Morgan fingerprint density at radius 3 is 2.67 bits per heavy atom. The van der Waals surface area contributed by atoms with Crippen molar-refractivity contribution in [2.24, 2.45) is 7.05 Å². The van der Waals surface area contributed by atoms with Crippen molar-refractivity contribution in [1.82, 2.24) is 19.7 Å². The van der Waals surface area contributed by atoms with E-state index in [2.05, 4.69) is 31.9 Å². The molecule has 0 aliphatic carbocycles. The molecule has 0 N–H and O–H groups in total. The van der Waals surface area contributed by atoms with Gasteiger partial charge in [-0.05, 0) is 18.2 Å². The van der Waals surface area contributed by atoms with E-state index in [-0.39, 0.29) is 0 Å². The van der Waals surface area contributed by atoms with Gasteiger partial charge in [-0.15, -0.1) is 10.2 Å². The molecule has 2 aromatic heterocycles. The number of fused-ring (bicyclic) bond motifs is 3. The van der Waals surface area contributed by atoms with Gasteiger partial charge in [0.05, 0.1) is 12.1 Å². The average molecular weight is 336 g/mol. The lowest BCUT2D eigenvalue weighted by Crippen LogP contribution is -2.02. The molecule has 6 heteroatoms. The molecule has 0 aliphatic rings. The molecule has 5 nitrogen and oxygen atoms in total. The molecule has 4 rings (SSSR count). The van der Waals surface area contributed by atoms with Gasteiger partial charge in [-0.2, -0.15) is 0 Å². The summed E-state index contributed by atoms with van der Waals surface area (Å²) in [7, 11) is 2.01. The van der Waals surface area contributed by atoms with Gasteiger partial charge in [0.25, 0.3) is 0 Å². The summed E-state index contributed by atoms with van der Waals surface area (Å²) < 4.78 is 7.74. The minimum Gasteiger partial charge on any atom is -0.493 e. The fourth-order valence-corrected chi connectivity index (χ4v) is 3.26. The maximum absolute atomic E-state index is 5.68. The zero-order valence-corrected chi connectivity index (χ0v) is 14.0. The summed E-state index contributed by atoms with van der Waals surface area (Å²) in [5.74, 6) is 1.65. The molecule has 0 aliphatic heterocycles. The minimum atomic E-state index is 0.602. The van der Waals surface area contributed by atoms with Crippen LogP contribution >= 0.6 is 11.8 Å². The Labute approximate surface area is 143 Å². The van der Waals surface area contributed by atoms with E-state index in [9.17, 15) is 0 Å². The first kappa shape index (κ1) is 15.0. The third-order valence-electron chi connectivity index (χ3n) is 3.81. The molecular weight excluding hydrogens is 320 g/mol. The zero-order chi connectivity index (χ0) is 16.4. The minimum absolute atomic E-state index is 0.602. The lowest BCUT2D eigenvalue weighted by Gasteiger charge is -2.04. The van der Waals surface area contributed by atoms with Crippen molar-refractivity contribution in [2.45, 2.75) is 5.16 Å². The van der Waals surface area contributed by atoms with Crippen molar-refractivity contribution in [3.05, 3.63) is 54.6 Å². The van der Waals surface area contributed by atoms with Crippen LogP contribution in [-0.4, -0.2) is 32.1 Å². The fourth-order valence-electron chi connectivity index (χ4n) is 2.66. The SMILES string of the molecule is Cn1c2ccccc2c2nnc(SCCOc3ccccc3)nc21. The lowest BCUT2D eigenvalue weighted by atomic mass is 10.2. The molecule has 0 radical (unpaired) electrons. The third-order valence-corrected chi connectivity index (χ3v) is 4.62. The molecule has 0 saturated heterocycles. The second kappa shape index (κ2) is 6.49. The van der Waals surface area contributed by atoms with Gasteiger partial charge in [-0.3, -0.25) is 0 Å². The van der Waals surface area contributed by atoms with Crippen LogP contribution in [-0.2, 0) is 7.05 Å².